The van der Waals surface area contributed by atoms with Crippen LogP contribution in [0.3, 0.4) is 0 Å². The fourth-order valence-corrected chi connectivity index (χ4v) is 4.08. The molecule has 3 rings (SSSR count). The van der Waals surface area contributed by atoms with Gasteiger partial charge in [-0.1, -0.05) is 63.1 Å². The molecule has 0 aliphatic carbocycles. The maximum Gasteiger partial charge on any atom is 0.337 e. The lowest BCUT2D eigenvalue weighted by molar-refractivity contribution is 0.0695. The van der Waals surface area contributed by atoms with Gasteiger partial charge in [0.05, 0.1) is 17.9 Å². The number of rotatable bonds is 11. The summed E-state index contributed by atoms with van der Waals surface area (Å²) in [6.07, 6.45) is 4.16. The Kier molecular flexibility index (Phi) is 8.90. The third kappa shape index (κ3) is 7.06. The average Bonchev–Trinajstić information content (AvgIpc) is 2.77. The third-order valence-electron chi connectivity index (χ3n) is 5.44. The summed E-state index contributed by atoms with van der Waals surface area (Å²) in [6, 6.07) is 17.4. The van der Waals surface area contributed by atoms with Crippen molar-refractivity contribution in [2.24, 2.45) is 5.92 Å². The van der Waals surface area contributed by atoms with E-state index in [0.29, 0.717) is 36.1 Å². The van der Waals surface area contributed by atoms with E-state index in [1.165, 1.54) is 5.56 Å². The maximum atomic E-state index is 12.0. The number of aromatic carboxylic acids is 1. The molecule has 0 aliphatic rings. The van der Waals surface area contributed by atoms with E-state index in [4.69, 9.17) is 21.3 Å². The molecule has 1 aromatic heterocycles. The van der Waals surface area contributed by atoms with Crippen molar-refractivity contribution >= 4 is 17.6 Å². The summed E-state index contributed by atoms with van der Waals surface area (Å²) in [4.78, 5) is 16.9. The topological polar surface area (TPSA) is 59.4 Å². The van der Waals surface area contributed by atoms with Gasteiger partial charge in [-0.25, -0.2) is 4.79 Å². The van der Waals surface area contributed by atoms with Gasteiger partial charge in [-0.05, 0) is 73.1 Å². The SMILES string of the molecule is CCCc1ccc(OCCCc2nc(CC(C)C)c(-c3cccc(Cl)c3)cc2C(=O)O)cc1. The minimum atomic E-state index is -0.968. The van der Waals surface area contributed by atoms with E-state index in [2.05, 4.69) is 32.9 Å². The van der Waals surface area contributed by atoms with Crippen LogP contribution in [-0.2, 0) is 19.3 Å². The molecule has 0 fully saturated rings. The van der Waals surface area contributed by atoms with Crippen molar-refractivity contribution in [3.05, 3.63) is 82.1 Å². The largest absolute Gasteiger partial charge is 0.494 e. The lowest BCUT2D eigenvalue weighted by Gasteiger charge is -2.16. The van der Waals surface area contributed by atoms with Gasteiger partial charge in [0.15, 0.2) is 0 Å². The highest BCUT2D eigenvalue weighted by atomic mass is 35.5. The molecule has 1 N–H and O–H groups in total. The van der Waals surface area contributed by atoms with E-state index in [0.717, 1.165) is 41.8 Å². The van der Waals surface area contributed by atoms with Gasteiger partial charge >= 0.3 is 5.97 Å². The highest BCUT2D eigenvalue weighted by Crippen LogP contribution is 2.29. The first-order valence-electron chi connectivity index (χ1n) is 11.6. The number of carbonyl (C=O) groups is 1. The van der Waals surface area contributed by atoms with Gasteiger partial charge in [-0.3, -0.25) is 4.98 Å². The highest BCUT2D eigenvalue weighted by Gasteiger charge is 2.18. The second kappa shape index (κ2) is 11.9. The van der Waals surface area contributed by atoms with Gasteiger partial charge in [0.1, 0.15) is 5.75 Å². The molecule has 0 unspecified atom stereocenters. The molecule has 0 saturated carbocycles. The van der Waals surface area contributed by atoms with Crippen molar-refractivity contribution in [2.45, 2.75) is 52.9 Å². The summed E-state index contributed by atoms with van der Waals surface area (Å²) >= 11 is 6.20. The average molecular weight is 466 g/mol. The van der Waals surface area contributed by atoms with Crippen LogP contribution in [0.15, 0.2) is 54.6 Å². The Hall–Kier alpha value is -2.85. The maximum absolute atomic E-state index is 12.0. The minimum absolute atomic E-state index is 0.237. The Bertz CT molecular complexity index is 1080. The summed E-state index contributed by atoms with van der Waals surface area (Å²) in [5, 5.41) is 10.5. The van der Waals surface area contributed by atoms with Crippen molar-refractivity contribution in [3.8, 4) is 16.9 Å². The molecule has 0 atom stereocenters. The molecular formula is C28H32ClNO3. The van der Waals surface area contributed by atoms with Crippen LogP contribution < -0.4 is 4.74 Å². The summed E-state index contributed by atoms with van der Waals surface area (Å²) < 4.78 is 5.87. The molecule has 0 spiro atoms. The Morgan fingerprint density at radius 1 is 1.06 bits per heavy atom. The number of benzene rings is 2. The molecule has 1 heterocycles. The fourth-order valence-electron chi connectivity index (χ4n) is 3.89. The predicted molar refractivity (Wildman–Crippen MR) is 134 cm³/mol. The van der Waals surface area contributed by atoms with Crippen LogP contribution in [0.4, 0.5) is 0 Å². The van der Waals surface area contributed by atoms with E-state index in [1.54, 1.807) is 6.07 Å². The number of carboxylic acid groups (broad SMARTS) is 1. The number of aromatic nitrogens is 1. The number of carboxylic acids is 1. The van der Waals surface area contributed by atoms with Crippen LogP contribution in [0.2, 0.25) is 5.02 Å². The molecule has 0 amide bonds. The van der Waals surface area contributed by atoms with Crippen LogP contribution in [-0.4, -0.2) is 22.7 Å². The van der Waals surface area contributed by atoms with Gasteiger partial charge < -0.3 is 9.84 Å². The first-order chi connectivity index (χ1) is 15.9. The van der Waals surface area contributed by atoms with Gasteiger partial charge in [0, 0.05) is 16.3 Å². The van der Waals surface area contributed by atoms with Crippen molar-refractivity contribution in [2.75, 3.05) is 6.61 Å². The van der Waals surface area contributed by atoms with E-state index in [1.807, 2.05) is 36.4 Å². The predicted octanol–water partition coefficient (Wildman–Crippen LogP) is 7.26. The Morgan fingerprint density at radius 2 is 1.82 bits per heavy atom. The van der Waals surface area contributed by atoms with E-state index >= 15 is 0 Å². The minimum Gasteiger partial charge on any atom is -0.494 e. The molecule has 174 valence electrons. The number of hydrogen-bond donors (Lipinski definition) is 1. The van der Waals surface area contributed by atoms with Gasteiger partial charge in [0.25, 0.3) is 0 Å². The van der Waals surface area contributed by atoms with E-state index in [-0.39, 0.29) is 5.56 Å². The third-order valence-corrected chi connectivity index (χ3v) is 5.67. The quantitative estimate of drug-likeness (QED) is 0.302. The molecule has 5 heteroatoms. The first kappa shape index (κ1) is 24.8. The van der Waals surface area contributed by atoms with Crippen LogP contribution in [0.5, 0.6) is 5.75 Å². The number of aryl methyl sites for hydroxylation is 2. The van der Waals surface area contributed by atoms with Crippen molar-refractivity contribution < 1.29 is 14.6 Å². The number of nitrogens with zero attached hydrogens (tertiary/aromatic N) is 1. The molecule has 33 heavy (non-hydrogen) atoms. The number of pyridine rings is 1. The lowest BCUT2D eigenvalue weighted by atomic mass is 9.95. The van der Waals surface area contributed by atoms with Crippen LogP contribution in [0, 0.1) is 5.92 Å². The Labute approximate surface area is 201 Å². The van der Waals surface area contributed by atoms with Gasteiger partial charge in [-0.2, -0.15) is 0 Å². The zero-order chi connectivity index (χ0) is 23.8. The lowest BCUT2D eigenvalue weighted by Crippen LogP contribution is -2.11. The second-order valence-electron chi connectivity index (χ2n) is 8.74. The van der Waals surface area contributed by atoms with Crippen molar-refractivity contribution in [1.29, 1.82) is 0 Å². The Balaban J connectivity index is 1.78. The smallest absolute Gasteiger partial charge is 0.337 e. The first-order valence-corrected chi connectivity index (χ1v) is 12.0. The summed E-state index contributed by atoms with van der Waals surface area (Å²) in [5.74, 6) is 0.250. The second-order valence-corrected chi connectivity index (χ2v) is 9.17. The molecule has 0 bridgehead atoms. The molecule has 3 aromatic rings. The van der Waals surface area contributed by atoms with Crippen molar-refractivity contribution in [1.82, 2.24) is 4.98 Å². The zero-order valence-corrected chi connectivity index (χ0v) is 20.4. The summed E-state index contributed by atoms with van der Waals surface area (Å²) in [5.41, 5.74) is 4.76. The van der Waals surface area contributed by atoms with Crippen LogP contribution in [0.25, 0.3) is 11.1 Å². The molecule has 4 nitrogen and oxygen atoms in total. The molecule has 2 aromatic carbocycles. The molecular weight excluding hydrogens is 434 g/mol. The monoisotopic (exact) mass is 465 g/mol. The molecule has 0 aliphatic heterocycles. The van der Waals surface area contributed by atoms with Crippen LogP contribution >= 0.6 is 11.6 Å². The van der Waals surface area contributed by atoms with Gasteiger partial charge in [0.2, 0.25) is 0 Å². The number of hydrogen-bond acceptors (Lipinski definition) is 3. The van der Waals surface area contributed by atoms with Gasteiger partial charge in [-0.15, -0.1) is 0 Å². The van der Waals surface area contributed by atoms with Crippen molar-refractivity contribution in [3.63, 3.8) is 0 Å². The standard InChI is InChI=1S/C28H32ClNO3/c1-4-7-20-11-13-23(14-12-20)33-15-6-10-26-25(28(31)32)18-24(27(30-26)16-19(2)3)21-8-5-9-22(29)17-21/h5,8-9,11-14,17-19H,4,6-7,10,15-16H2,1-3H3,(H,31,32). The normalized spacial score (nSPS) is 11.1. The highest BCUT2D eigenvalue weighted by molar-refractivity contribution is 6.30. The summed E-state index contributed by atoms with van der Waals surface area (Å²) in [6.45, 7) is 6.93. The zero-order valence-electron chi connectivity index (χ0n) is 19.6. The summed E-state index contributed by atoms with van der Waals surface area (Å²) in [7, 11) is 0. The molecule has 0 radical (unpaired) electrons. The fraction of sp³-hybridized carbons (Fsp3) is 0.357. The Morgan fingerprint density at radius 3 is 2.45 bits per heavy atom. The van der Waals surface area contributed by atoms with E-state index < -0.39 is 5.97 Å². The van der Waals surface area contributed by atoms with E-state index in [9.17, 15) is 9.90 Å². The van der Waals surface area contributed by atoms with Crippen LogP contribution in [0.1, 0.15) is 60.9 Å². The number of halogens is 1. The number of ether oxygens (including phenoxy) is 1. The molecule has 0 saturated heterocycles.